The summed E-state index contributed by atoms with van der Waals surface area (Å²) in [5.74, 6) is -1.12. The van der Waals surface area contributed by atoms with Crippen molar-refractivity contribution in [3.63, 3.8) is 0 Å². The van der Waals surface area contributed by atoms with Gasteiger partial charge in [-0.15, -0.1) is 0 Å². The van der Waals surface area contributed by atoms with Gasteiger partial charge >= 0.3 is 0 Å². The lowest BCUT2D eigenvalue weighted by Crippen LogP contribution is -2.49. The quantitative estimate of drug-likeness (QED) is 0.931. The van der Waals surface area contributed by atoms with Crippen molar-refractivity contribution in [2.75, 3.05) is 11.9 Å². The Kier molecular flexibility index (Phi) is 5.05. The van der Waals surface area contributed by atoms with Gasteiger partial charge in [-0.1, -0.05) is 0 Å². The fourth-order valence-corrected chi connectivity index (χ4v) is 2.30. The van der Waals surface area contributed by atoms with Crippen LogP contribution in [0.25, 0.3) is 0 Å². The number of carbonyl (C=O) groups is 2. The van der Waals surface area contributed by atoms with Crippen molar-refractivity contribution in [3.05, 3.63) is 42.0 Å². The topological polar surface area (TPSA) is 75.2 Å². The number of rotatable bonds is 4. The van der Waals surface area contributed by atoms with Crippen LogP contribution in [0.15, 0.2) is 30.5 Å². The molecule has 6 nitrogen and oxygen atoms in total. The van der Waals surface area contributed by atoms with Crippen molar-refractivity contribution in [3.8, 4) is 0 Å². The summed E-state index contributed by atoms with van der Waals surface area (Å²) in [7, 11) is 0. The predicted molar refractivity (Wildman–Crippen MR) is 85.7 cm³/mol. The normalized spacial score (nSPS) is 11.1. The summed E-state index contributed by atoms with van der Waals surface area (Å²) in [6, 6.07) is 5.42. The molecule has 1 heterocycles. The van der Waals surface area contributed by atoms with Crippen LogP contribution < -0.4 is 5.32 Å². The van der Waals surface area contributed by atoms with Crippen molar-refractivity contribution in [2.45, 2.75) is 26.3 Å². The molecule has 0 saturated heterocycles. The number of anilines is 1. The molecule has 0 saturated carbocycles. The van der Waals surface area contributed by atoms with Crippen LogP contribution in [-0.2, 0) is 4.79 Å². The summed E-state index contributed by atoms with van der Waals surface area (Å²) in [6.07, 6.45) is 1.38. The molecule has 1 aromatic carbocycles. The predicted octanol–water partition coefficient (Wildman–Crippen LogP) is 2.56. The van der Waals surface area contributed by atoms with Crippen molar-refractivity contribution >= 4 is 29.2 Å². The van der Waals surface area contributed by atoms with Crippen molar-refractivity contribution in [1.29, 1.82) is 0 Å². The molecule has 0 radical (unpaired) electrons. The average Bonchev–Trinajstić information content (AvgIpc) is 2.99. The van der Waals surface area contributed by atoms with E-state index in [1.54, 1.807) is 0 Å². The van der Waals surface area contributed by atoms with Gasteiger partial charge in [0.2, 0.25) is 5.91 Å². The largest absolute Gasteiger partial charge is 0.325 e. The first-order valence-electron chi connectivity index (χ1n) is 6.92. The van der Waals surface area contributed by atoms with Gasteiger partial charge < -0.3 is 10.2 Å². The van der Waals surface area contributed by atoms with Gasteiger partial charge in [-0.3, -0.25) is 9.59 Å². The second-order valence-corrected chi connectivity index (χ2v) is 6.47. The maximum absolute atomic E-state index is 12.9. The molecule has 0 bridgehead atoms. The fraction of sp³-hybridized carbons (Fsp3) is 0.333. The Hall–Kier alpha value is -2.35. The standard InChI is InChI=1S/C15H17FN4O2S/c1-15(2,3)20(14(22)12-8-17-23-19-12)9-13(21)18-11-6-4-10(16)5-7-11/h4-8H,9H2,1-3H3,(H,18,21). The van der Waals surface area contributed by atoms with E-state index < -0.39 is 5.54 Å². The van der Waals surface area contributed by atoms with Gasteiger partial charge in [0.25, 0.3) is 5.91 Å². The Morgan fingerprint density at radius 3 is 2.43 bits per heavy atom. The molecule has 0 atom stereocenters. The minimum absolute atomic E-state index is 0.142. The highest BCUT2D eigenvalue weighted by atomic mass is 32.1. The van der Waals surface area contributed by atoms with Gasteiger partial charge in [0.15, 0.2) is 5.69 Å². The zero-order valence-corrected chi connectivity index (χ0v) is 13.9. The van der Waals surface area contributed by atoms with Crippen LogP contribution >= 0.6 is 11.7 Å². The van der Waals surface area contributed by atoms with E-state index in [0.29, 0.717) is 5.69 Å². The highest BCUT2D eigenvalue weighted by Gasteiger charge is 2.30. The molecule has 23 heavy (non-hydrogen) atoms. The molecule has 0 aliphatic rings. The number of halogens is 1. The monoisotopic (exact) mass is 336 g/mol. The first-order chi connectivity index (χ1) is 10.8. The molecule has 2 aromatic rings. The lowest BCUT2D eigenvalue weighted by molar-refractivity contribution is -0.117. The smallest absolute Gasteiger partial charge is 0.276 e. The van der Waals surface area contributed by atoms with E-state index >= 15 is 0 Å². The van der Waals surface area contributed by atoms with Gasteiger partial charge in [-0.25, -0.2) is 4.39 Å². The fourth-order valence-electron chi connectivity index (χ4n) is 1.89. The Bertz CT molecular complexity index is 681. The summed E-state index contributed by atoms with van der Waals surface area (Å²) in [5.41, 5.74) is 0.105. The molecular formula is C15H17FN4O2S. The van der Waals surface area contributed by atoms with Crippen molar-refractivity contribution < 1.29 is 14.0 Å². The highest BCUT2D eigenvalue weighted by molar-refractivity contribution is 6.99. The summed E-state index contributed by atoms with van der Waals surface area (Å²) in [6.45, 7) is 5.35. The van der Waals surface area contributed by atoms with E-state index in [4.69, 9.17) is 0 Å². The molecule has 0 aliphatic carbocycles. The zero-order chi connectivity index (χ0) is 17.0. The highest BCUT2D eigenvalue weighted by Crippen LogP contribution is 2.17. The summed E-state index contributed by atoms with van der Waals surface area (Å²) < 4.78 is 20.6. The Balaban J connectivity index is 2.10. The minimum Gasteiger partial charge on any atom is -0.325 e. The number of amides is 2. The van der Waals surface area contributed by atoms with Crippen LogP contribution in [0.3, 0.4) is 0 Å². The molecule has 1 aromatic heterocycles. The first kappa shape index (κ1) is 17.0. The van der Waals surface area contributed by atoms with Crippen LogP contribution in [0.2, 0.25) is 0 Å². The van der Waals surface area contributed by atoms with E-state index in [1.807, 2.05) is 20.8 Å². The summed E-state index contributed by atoms with van der Waals surface area (Å²) in [5, 5.41) is 2.64. The molecule has 0 spiro atoms. The Labute approximate surface area is 137 Å². The summed E-state index contributed by atoms with van der Waals surface area (Å²) in [4.78, 5) is 26.1. The Morgan fingerprint density at radius 1 is 1.26 bits per heavy atom. The van der Waals surface area contributed by atoms with Crippen LogP contribution in [0, 0.1) is 5.82 Å². The maximum atomic E-state index is 12.9. The molecule has 122 valence electrons. The number of nitrogens with zero attached hydrogens (tertiary/aromatic N) is 3. The van der Waals surface area contributed by atoms with Gasteiger partial charge in [-0.05, 0) is 45.0 Å². The van der Waals surface area contributed by atoms with Crippen molar-refractivity contribution in [1.82, 2.24) is 13.6 Å². The molecule has 8 heteroatoms. The summed E-state index contributed by atoms with van der Waals surface area (Å²) >= 11 is 0.935. The van der Waals surface area contributed by atoms with E-state index in [2.05, 4.69) is 14.1 Å². The molecule has 2 amide bonds. The molecule has 0 aliphatic heterocycles. The SMILES string of the molecule is CC(C)(C)N(CC(=O)Nc1ccc(F)cc1)C(=O)c1cnsn1. The third kappa shape index (κ3) is 4.56. The second kappa shape index (κ2) is 6.82. The van der Waals surface area contributed by atoms with E-state index in [9.17, 15) is 14.0 Å². The van der Waals surface area contributed by atoms with Gasteiger partial charge in [-0.2, -0.15) is 8.75 Å². The average molecular weight is 336 g/mol. The maximum Gasteiger partial charge on any atom is 0.276 e. The number of aromatic nitrogens is 2. The molecule has 1 N–H and O–H groups in total. The van der Waals surface area contributed by atoms with Gasteiger partial charge in [0.1, 0.15) is 12.4 Å². The van der Waals surface area contributed by atoms with Crippen LogP contribution in [0.5, 0.6) is 0 Å². The van der Waals surface area contributed by atoms with Gasteiger partial charge in [0, 0.05) is 11.2 Å². The lowest BCUT2D eigenvalue weighted by Gasteiger charge is -2.34. The zero-order valence-electron chi connectivity index (χ0n) is 13.0. The minimum atomic E-state index is -0.569. The third-order valence-electron chi connectivity index (χ3n) is 3.07. The first-order valence-corrected chi connectivity index (χ1v) is 7.65. The number of benzene rings is 1. The van der Waals surface area contributed by atoms with Crippen LogP contribution in [0.1, 0.15) is 31.3 Å². The third-order valence-corrected chi connectivity index (χ3v) is 3.54. The van der Waals surface area contributed by atoms with E-state index in [0.717, 1.165) is 11.7 Å². The van der Waals surface area contributed by atoms with Crippen LogP contribution in [-0.4, -0.2) is 37.5 Å². The molecule has 2 rings (SSSR count). The Morgan fingerprint density at radius 2 is 1.91 bits per heavy atom. The van der Waals surface area contributed by atoms with E-state index in [-0.39, 0.29) is 29.9 Å². The molecule has 0 fully saturated rings. The number of carbonyl (C=O) groups excluding carboxylic acids is 2. The lowest BCUT2D eigenvalue weighted by atomic mass is 10.1. The van der Waals surface area contributed by atoms with Crippen molar-refractivity contribution in [2.24, 2.45) is 0 Å². The van der Waals surface area contributed by atoms with E-state index in [1.165, 1.54) is 35.4 Å². The van der Waals surface area contributed by atoms with Gasteiger partial charge in [0.05, 0.1) is 17.9 Å². The second-order valence-electron chi connectivity index (χ2n) is 5.91. The number of nitrogens with one attached hydrogen (secondary N) is 1. The molecular weight excluding hydrogens is 319 g/mol. The number of hydrogen-bond donors (Lipinski definition) is 1. The molecule has 0 unspecified atom stereocenters. The number of hydrogen-bond acceptors (Lipinski definition) is 5. The van der Waals surface area contributed by atoms with Crippen LogP contribution in [0.4, 0.5) is 10.1 Å².